The van der Waals surface area contributed by atoms with E-state index < -0.39 is 0 Å². The molecule has 0 unspecified atom stereocenters. The fourth-order valence-corrected chi connectivity index (χ4v) is 4.12. The zero-order valence-electron chi connectivity index (χ0n) is 49.2. The Morgan fingerprint density at radius 1 is 0.350 bits per heavy atom. The Labute approximate surface area is 390 Å². The third kappa shape index (κ3) is 107. The highest BCUT2D eigenvalue weighted by atomic mass is 32.2. The third-order valence-corrected chi connectivity index (χ3v) is 8.93. The summed E-state index contributed by atoms with van der Waals surface area (Å²) in [7, 11) is 0. The summed E-state index contributed by atoms with van der Waals surface area (Å²) in [5.74, 6) is 1.25. The predicted molar refractivity (Wildman–Crippen MR) is 289 cm³/mol. The van der Waals surface area contributed by atoms with Gasteiger partial charge in [0.1, 0.15) is 0 Å². The van der Waals surface area contributed by atoms with Gasteiger partial charge in [0.15, 0.2) is 0 Å². The lowest BCUT2D eigenvalue weighted by atomic mass is 9.81. The molecule has 0 N–H and O–H groups in total. The van der Waals surface area contributed by atoms with Gasteiger partial charge in [0.2, 0.25) is 0 Å². The molecule has 0 aliphatic heterocycles. The van der Waals surface area contributed by atoms with Gasteiger partial charge in [-0.1, -0.05) is 220 Å². The summed E-state index contributed by atoms with van der Waals surface area (Å²) < 4.78 is 6.02. The maximum Gasteiger partial charge on any atom is 0.0598 e. The van der Waals surface area contributed by atoms with Crippen molar-refractivity contribution in [3.05, 3.63) is 12.2 Å². The summed E-state index contributed by atoms with van der Waals surface area (Å²) in [6.45, 7) is 81.0. The van der Waals surface area contributed by atoms with Crippen molar-refractivity contribution in [1.82, 2.24) is 0 Å². The number of rotatable bonds is 4. The zero-order chi connectivity index (χ0) is 50.5. The first kappa shape index (κ1) is 71.4. The van der Waals surface area contributed by atoms with Crippen molar-refractivity contribution in [3.63, 3.8) is 0 Å². The van der Waals surface area contributed by atoms with Crippen LogP contribution in [0, 0.1) is 48.7 Å². The molecule has 0 aromatic rings. The van der Waals surface area contributed by atoms with Gasteiger partial charge in [-0.2, -0.15) is 11.8 Å². The monoisotopic (exact) mass is 870 g/mol. The Hall–Kier alpha value is -0.280. The fourth-order valence-electron chi connectivity index (χ4n) is 3.25. The van der Waals surface area contributed by atoms with Gasteiger partial charge < -0.3 is 4.74 Å². The quantitative estimate of drug-likeness (QED) is 0.207. The second kappa shape index (κ2) is 27.9. The normalized spacial score (nSPS) is 14.1. The van der Waals surface area contributed by atoms with Crippen LogP contribution >= 0.6 is 11.8 Å². The van der Waals surface area contributed by atoms with Gasteiger partial charge >= 0.3 is 0 Å². The highest BCUT2D eigenvalue weighted by molar-refractivity contribution is 8.00. The molecule has 0 aliphatic rings. The van der Waals surface area contributed by atoms with E-state index in [2.05, 4.69) is 266 Å². The lowest BCUT2D eigenvalue weighted by Gasteiger charge is -2.26. The van der Waals surface area contributed by atoms with Gasteiger partial charge in [0, 0.05) is 11.0 Å². The molecule has 60 heavy (non-hydrogen) atoms. The number of hydrogen-bond acceptors (Lipinski definition) is 3. The Morgan fingerprint density at radius 2 is 0.617 bits per heavy atom. The SMILES string of the molecule is CC(C)(C)C=CC(C)(C)C.CC(C)(C)C=NC(C)(C)C.CC(C)(C)CCC(C)(C)C.CC(C)(C)CCC(C)(C)C.CC(C)(C)COC(C)(C)C.CC(C)(C)CSC(C)(C)C. The van der Waals surface area contributed by atoms with Gasteiger partial charge in [-0.25, -0.2) is 0 Å². The zero-order valence-corrected chi connectivity index (χ0v) is 50.1. The highest BCUT2D eigenvalue weighted by Gasteiger charge is 2.19. The molecule has 3 heteroatoms. The molecule has 0 saturated heterocycles. The van der Waals surface area contributed by atoms with Crippen LogP contribution in [0.15, 0.2) is 17.1 Å². The molecule has 0 heterocycles. The number of allylic oxidation sites excluding steroid dienone is 2. The van der Waals surface area contributed by atoms with Gasteiger partial charge in [-0.05, 0) is 122 Å². The van der Waals surface area contributed by atoms with Crippen LogP contribution in [0.3, 0.4) is 0 Å². The summed E-state index contributed by atoms with van der Waals surface area (Å²) in [4.78, 5) is 4.40. The summed E-state index contributed by atoms with van der Waals surface area (Å²) in [5.41, 5.74) is 3.74. The van der Waals surface area contributed by atoms with Crippen LogP contribution in [0.4, 0.5) is 0 Å². The van der Waals surface area contributed by atoms with Crippen molar-refractivity contribution >= 4 is 18.0 Å². The van der Waals surface area contributed by atoms with Gasteiger partial charge in [-0.15, -0.1) is 0 Å². The van der Waals surface area contributed by atoms with Crippen LogP contribution in [0.1, 0.15) is 275 Å². The van der Waals surface area contributed by atoms with Crippen molar-refractivity contribution in [2.45, 2.75) is 291 Å². The van der Waals surface area contributed by atoms with Crippen molar-refractivity contribution in [2.75, 3.05) is 12.4 Å². The maximum atomic E-state index is 5.59. The lowest BCUT2D eigenvalue weighted by molar-refractivity contribution is -0.0382. The minimum Gasteiger partial charge on any atom is -0.375 e. The molecule has 0 spiro atoms. The average Bonchev–Trinajstić information content (AvgIpc) is 2.89. The molecule has 0 saturated carbocycles. The van der Waals surface area contributed by atoms with Crippen LogP contribution < -0.4 is 0 Å². The second-order valence-corrected chi connectivity index (χ2v) is 32.8. The second-order valence-electron chi connectivity index (χ2n) is 31.0. The summed E-state index contributed by atoms with van der Waals surface area (Å²) >= 11 is 2.04. The van der Waals surface area contributed by atoms with E-state index in [0.717, 1.165) is 6.61 Å². The molecule has 0 atom stereocenters. The van der Waals surface area contributed by atoms with Crippen LogP contribution in [-0.4, -0.2) is 34.5 Å². The molecular weight excluding hydrogens is 747 g/mol. The van der Waals surface area contributed by atoms with Crippen LogP contribution in [0.2, 0.25) is 0 Å². The minimum atomic E-state index is 0.00722. The molecule has 368 valence electrons. The fraction of sp³-hybridized carbons (Fsp3) is 0.947. The Morgan fingerprint density at radius 3 is 0.700 bits per heavy atom. The molecule has 0 bridgehead atoms. The van der Waals surface area contributed by atoms with Crippen molar-refractivity contribution in [1.29, 1.82) is 0 Å². The van der Waals surface area contributed by atoms with E-state index >= 15 is 0 Å². The number of thioether (sulfide) groups is 1. The summed E-state index contributed by atoms with van der Waals surface area (Å²) in [5, 5.41) is 0. The van der Waals surface area contributed by atoms with E-state index in [1.807, 2.05) is 18.0 Å². The van der Waals surface area contributed by atoms with Crippen molar-refractivity contribution in [3.8, 4) is 0 Å². The molecule has 0 fully saturated rings. The first-order valence-electron chi connectivity index (χ1n) is 23.8. The van der Waals surface area contributed by atoms with E-state index in [1.54, 1.807) is 0 Å². The first-order chi connectivity index (χ1) is 25.2. The Bertz CT molecular complexity index is 834. The lowest BCUT2D eigenvalue weighted by Crippen LogP contribution is -2.26. The molecule has 0 aromatic carbocycles. The van der Waals surface area contributed by atoms with Crippen molar-refractivity contribution in [2.24, 2.45) is 53.7 Å². The summed E-state index contributed by atoms with van der Waals surface area (Å²) in [6, 6.07) is 0. The van der Waals surface area contributed by atoms with Gasteiger partial charge in [0.25, 0.3) is 0 Å². The van der Waals surface area contributed by atoms with Gasteiger partial charge in [-0.3, -0.25) is 4.99 Å². The molecule has 0 aliphatic carbocycles. The van der Waals surface area contributed by atoms with Crippen LogP contribution in [-0.2, 0) is 4.74 Å². The first-order valence-corrected chi connectivity index (χ1v) is 24.8. The van der Waals surface area contributed by atoms with E-state index in [0.29, 0.717) is 42.7 Å². The van der Waals surface area contributed by atoms with Crippen LogP contribution in [0.25, 0.3) is 0 Å². The smallest absolute Gasteiger partial charge is 0.0598 e. The number of aliphatic imine (C=N–C) groups is 1. The molecule has 0 aromatic heterocycles. The number of ether oxygens (including phenoxy) is 1. The highest BCUT2D eigenvalue weighted by Crippen LogP contribution is 2.31. The molecule has 0 rings (SSSR count). The minimum absolute atomic E-state index is 0.00722. The standard InChI is InChI=1S/2C10H22.C10H20.C9H19N.C9H20O.C9H20S/c3*1-9(2,3)7-8-10(4,5)6;3*1-8(2,3)7-10-9(4,5)6/h2*7-8H2,1-6H3;7-8H,1-6H3;7H,1-6H3;2*7H2,1-6H3. The van der Waals surface area contributed by atoms with E-state index in [9.17, 15) is 0 Å². The van der Waals surface area contributed by atoms with Crippen LogP contribution in [0.5, 0.6) is 0 Å². The maximum absolute atomic E-state index is 5.59. The van der Waals surface area contributed by atoms with E-state index in [4.69, 9.17) is 4.74 Å². The predicted octanol–water partition coefficient (Wildman–Crippen LogP) is 20.7. The number of nitrogens with zero attached hydrogens (tertiary/aromatic N) is 1. The Balaban J connectivity index is -0.000000146. The average molecular weight is 871 g/mol. The van der Waals surface area contributed by atoms with Crippen molar-refractivity contribution < 1.29 is 4.74 Å². The molecule has 0 amide bonds. The Kier molecular flexibility index (Phi) is 33.2. The van der Waals surface area contributed by atoms with Gasteiger partial charge in [0.05, 0.1) is 17.7 Å². The largest absolute Gasteiger partial charge is 0.375 e. The third-order valence-electron chi connectivity index (χ3n) is 7.05. The topological polar surface area (TPSA) is 21.6 Å². The summed E-state index contributed by atoms with van der Waals surface area (Å²) in [6.07, 6.45) is 11.9. The molecule has 0 radical (unpaired) electrons. The molecule has 2 nitrogen and oxygen atoms in total. The molecular formula is C57H123NOS. The number of hydrogen-bond donors (Lipinski definition) is 0. The van der Waals surface area contributed by atoms with E-state index in [-0.39, 0.29) is 22.0 Å². The van der Waals surface area contributed by atoms with E-state index in [1.165, 1.54) is 31.4 Å².